The third kappa shape index (κ3) is 6.17. The normalized spacial score (nSPS) is 12.5. The van der Waals surface area contributed by atoms with Crippen LogP contribution < -0.4 is 5.32 Å². The van der Waals surface area contributed by atoms with E-state index in [9.17, 15) is 13.2 Å². The minimum atomic E-state index is -3.63. The van der Waals surface area contributed by atoms with E-state index < -0.39 is 22.0 Å². The first kappa shape index (κ1) is 23.0. The average Bonchev–Trinajstić information content (AvgIpc) is 2.73. The van der Waals surface area contributed by atoms with E-state index in [4.69, 9.17) is 11.6 Å². The molecule has 1 N–H and O–H groups in total. The van der Waals surface area contributed by atoms with Crippen LogP contribution >= 0.6 is 11.6 Å². The number of carbonyl (C=O) groups excluding carboxylic acids is 1. The summed E-state index contributed by atoms with van der Waals surface area (Å²) in [5.74, 6) is -0.394. The summed E-state index contributed by atoms with van der Waals surface area (Å²) in [6, 6.07) is 24.0. The van der Waals surface area contributed by atoms with E-state index in [1.807, 2.05) is 61.5 Å². The zero-order chi connectivity index (χ0) is 22.4. The Labute approximate surface area is 188 Å². The predicted octanol–water partition coefficient (Wildman–Crippen LogP) is 4.32. The molecule has 1 atom stereocenters. The highest BCUT2D eigenvalue weighted by Crippen LogP contribution is 2.25. The van der Waals surface area contributed by atoms with Crippen LogP contribution in [-0.4, -0.2) is 31.4 Å². The van der Waals surface area contributed by atoms with Gasteiger partial charge >= 0.3 is 0 Å². The third-order valence-electron chi connectivity index (χ3n) is 5.03. The number of carbonyl (C=O) groups is 1. The van der Waals surface area contributed by atoms with E-state index in [0.29, 0.717) is 10.6 Å². The van der Waals surface area contributed by atoms with Crippen molar-refractivity contribution in [2.45, 2.75) is 19.5 Å². The number of sulfonamides is 1. The van der Waals surface area contributed by atoms with Crippen LogP contribution in [0.5, 0.6) is 0 Å². The van der Waals surface area contributed by atoms with Gasteiger partial charge in [0.25, 0.3) is 0 Å². The number of aryl methyl sites for hydroxylation is 1. The van der Waals surface area contributed by atoms with Gasteiger partial charge < -0.3 is 5.32 Å². The molecule has 0 fully saturated rings. The van der Waals surface area contributed by atoms with Crippen LogP contribution in [0.1, 0.15) is 28.3 Å². The molecule has 162 valence electrons. The third-order valence-corrected chi connectivity index (χ3v) is 6.60. The zero-order valence-electron chi connectivity index (χ0n) is 17.5. The molecule has 0 unspecified atom stereocenters. The fourth-order valence-corrected chi connectivity index (χ4v) is 4.29. The van der Waals surface area contributed by atoms with Gasteiger partial charge in [-0.3, -0.25) is 4.79 Å². The minimum Gasteiger partial charge on any atom is -0.344 e. The predicted molar refractivity (Wildman–Crippen MR) is 124 cm³/mol. The Bertz CT molecular complexity index is 1150. The SMILES string of the molecule is Cc1ccccc1[C@@H](NC(=O)CN(Cc1ccccc1Cl)S(C)(=O)=O)c1ccccc1. The van der Waals surface area contributed by atoms with Crippen molar-refractivity contribution in [2.75, 3.05) is 12.8 Å². The molecule has 0 bridgehead atoms. The molecule has 0 aromatic heterocycles. The summed E-state index contributed by atoms with van der Waals surface area (Å²) in [6.45, 7) is 1.70. The minimum absolute atomic E-state index is 0.0201. The summed E-state index contributed by atoms with van der Waals surface area (Å²) in [5, 5.41) is 3.47. The molecular weight excluding hydrogens is 432 g/mol. The topological polar surface area (TPSA) is 66.5 Å². The number of halogens is 1. The van der Waals surface area contributed by atoms with Crippen LogP contribution in [-0.2, 0) is 21.4 Å². The van der Waals surface area contributed by atoms with Gasteiger partial charge in [-0.1, -0.05) is 84.4 Å². The molecule has 0 heterocycles. The van der Waals surface area contributed by atoms with Gasteiger partial charge in [0.2, 0.25) is 15.9 Å². The highest BCUT2D eigenvalue weighted by Gasteiger charge is 2.24. The lowest BCUT2D eigenvalue weighted by atomic mass is 9.95. The lowest BCUT2D eigenvalue weighted by Gasteiger charge is -2.24. The Hall–Kier alpha value is -2.67. The molecule has 7 heteroatoms. The lowest BCUT2D eigenvalue weighted by molar-refractivity contribution is -0.121. The van der Waals surface area contributed by atoms with Gasteiger partial charge in [0.1, 0.15) is 0 Å². The maximum absolute atomic E-state index is 13.0. The molecule has 3 rings (SSSR count). The summed E-state index contributed by atoms with van der Waals surface area (Å²) < 4.78 is 25.9. The standard InChI is InChI=1S/C24H25ClN2O3S/c1-18-10-6-8-14-21(18)24(19-11-4-3-5-12-19)26-23(28)17-27(31(2,29)30)16-20-13-7-9-15-22(20)25/h3-15,24H,16-17H2,1-2H3,(H,26,28)/t24-/m0/s1. The van der Waals surface area contributed by atoms with Crippen molar-refractivity contribution in [1.29, 1.82) is 0 Å². The van der Waals surface area contributed by atoms with Crippen molar-refractivity contribution in [1.82, 2.24) is 9.62 Å². The summed E-state index contributed by atoms with van der Waals surface area (Å²) in [7, 11) is -3.63. The Balaban J connectivity index is 1.85. The van der Waals surface area contributed by atoms with Crippen LogP contribution in [0.25, 0.3) is 0 Å². The Morgan fingerprint density at radius 1 is 0.968 bits per heavy atom. The van der Waals surface area contributed by atoms with Crippen LogP contribution in [0.15, 0.2) is 78.9 Å². The summed E-state index contributed by atoms with van der Waals surface area (Å²) in [6.07, 6.45) is 1.09. The number of hydrogen-bond acceptors (Lipinski definition) is 3. The Morgan fingerprint density at radius 3 is 2.23 bits per heavy atom. The lowest BCUT2D eigenvalue weighted by Crippen LogP contribution is -2.41. The quantitative estimate of drug-likeness (QED) is 0.549. The number of amides is 1. The van der Waals surface area contributed by atoms with Crippen LogP contribution in [0.4, 0.5) is 0 Å². The Morgan fingerprint density at radius 2 is 1.58 bits per heavy atom. The molecule has 0 aliphatic rings. The number of nitrogens with zero attached hydrogens (tertiary/aromatic N) is 1. The molecular formula is C24H25ClN2O3S. The smallest absolute Gasteiger partial charge is 0.236 e. The van der Waals surface area contributed by atoms with Crippen LogP contribution in [0, 0.1) is 6.92 Å². The Kier molecular flexibility index (Phi) is 7.49. The fourth-order valence-electron chi connectivity index (χ4n) is 3.37. The molecule has 0 aliphatic heterocycles. The maximum atomic E-state index is 13.0. The highest BCUT2D eigenvalue weighted by atomic mass is 35.5. The van der Waals surface area contributed by atoms with Crippen LogP contribution in [0.2, 0.25) is 5.02 Å². The van der Waals surface area contributed by atoms with Crippen molar-refractivity contribution in [2.24, 2.45) is 0 Å². The van der Waals surface area contributed by atoms with E-state index in [1.54, 1.807) is 24.3 Å². The first-order chi connectivity index (χ1) is 14.8. The van der Waals surface area contributed by atoms with Gasteiger partial charge in [-0.15, -0.1) is 0 Å². The first-order valence-electron chi connectivity index (χ1n) is 9.84. The second-order valence-corrected chi connectivity index (χ2v) is 9.78. The average molecular weight is 457 g/mol. The first-order valence-corrected chi connectivity index (χ1v) is 12.1. The molecule has 0 spiro atoms. The van der Waals surface area contributed by atoms with Gasteiger partial charge in [-0.2, -0.15) is 4.31 Å². The molecule has 3 aromatic carbocycles. The maximum Gasteiger partial charge on any atom is 0.236 e. The largest absolute Gasteiger partial charge is 0.344 e. The molecule has 3 aromatic rings. The van der Waals surface area contributed by atoms with Gasteiger partial charge in [-0.25, -0.2) is 8.42 Å². The van der Waals surface area contributed by atoms with E-state index in [2.05, 4.69) is 5.32 Å². The number of nitrogens with one attached hydrogen (secondary N) is 1. The second-order valence-electron chi connectivity index (χ2n) is 7.39. The number of benzene rings is 3. The monoisotopic (exact) mass is 456 g/mol. The van der Waals surface area contributed by atoms with Gasteiger partial charge in [-0.05, 0) is 35.2 Å². The summed E-state index contributed by atoms with van der Waals surface area (Å²) in [5.41, 5.74) is 3.55. The molecule has 0 aliphatic carbocycles. The molecule has 5 nitrogen and oxygen atoms in total. The van der Waals surface area contributed by atoms with E-state index in [-0.39, 0.29) is 13.1 Å². The van der Waals surface area contributed by atoms with Gasteiger partial charge in [0.05, 0.1) is 18.8 Å². The van der Waals surface area contributed by atoms with Crippen molar-refractivity contribution >= 4 is 27.5 Å². The van der Waals surface area contributed by atoms with Crippen molar-refractivity contribution in [3.8, 4) is 0 Å². The summed E-state index contributed by atoms with van der Waals surface area (Å²) in [4.78, 5) is 13.0. The summed E-state index contributed by atoms with van der Waals surface area (Å²) >= 11 is 6.19. The van der Waals surface area contributed by atoms with E-state index >= 15 is 0 Å². The second kappa shape index (κ2) is 10.1. The molecule has 0 saturated carbocycles. The highest BCUT2D eigenvalue weighted by molar-refractivity contribution is 7.88. The molecule has 31 heavy (non-hydrogen) atoms. The fraction of sp³-hybridized carbons (Fsp3) is 0.208. The van der Waals surface area contributed by atoms with Gasteiger partial charge in [0, 0.05) is 11.6 Å². The van der Waals surface area contributed by atoms with Gasteiger partial charge in [0.15, 0.2) is 0 Å². The zero-order valence-corrected chi connectivity index (χ0v) is 19.0. The van der Waals surface area contributed by atoms with Crippen molar-refractivity contribution in [3.05, 3.63) is 106 Å². The number of rotatable bonds is 8. The van der Waals surface area contributed by atoms with Crippen molar-refractivity contribution < 1.29 is 13.2 Å². The van der Waals surface area contributed by atoms with E-state index in [0.717, 1.165) is 27.3 Å². The van der Waals surface area contributed by atoms with E-state index in [1.165, 1.54) is 0 Å². The van der Waals surface area contributed by atoms with Crippen molar-refractivity contribution in [3.63, 3.8) is 0 Å². The molecule has 0 saturated heterocycles. The van der Waals surface area contributed by atoms with Crippen LogP contribution in [0.3, 0.4) is 0 Å². The molecule has 1 amide bonds. The number of hydrogen-bond donors (Lipinski definition) is 1. The molecule has 0 radical (unpaired) electrons.